The van der Waals surface area contributed by atoms with Gasteiger partial charge >= 0.3 is 0 Å². The summed E-state index contributed by atoms with van der Waals surface area (Å²) in [7, 11) is 0. The maximum absolute atomic E-state index is 11.0. The Labute approximate surface area is 91.1 Å². The van der Waals surface area contributed by atoms with Crippen molar-refractivity contribution >= 4 is 11.8 Å². The summed E-state index contributed by atoms with van der Waals surface area (Å²) in [5.41, 5.74) is 0. The number of aliphatic hydroxyl groups excluding tert-OH is 5. The fourth-order valence-corrected chi connectivity index (χ4v) is 0.890. The quantitative estimate of drug-likeness (QED) is 0.327. The Morgan fingerprint density at radius 2 is 1.62 bits per heavy atom. The third-order valence-corrected chi connectivity index (χ3v) is 1.78. The molecule has 0 aromatic heterocycles. The van der Waals surface area contributed by atoms with Gasteiger partial charge in [-0.05, 0) is 0 Å². The number of hydrogen-bond acceptors (Lipinski definition) is 7. The largest absolute Gasteiger partial charge is 0.394 e. The Kier molecular flexibility index (Phi) is 6.08. The first-order valence-corrected chi connectivity index (χ1v) is 4.40. The van der Waals surface area contributed by atoms with Crippen LogP contribution in [0.5, 0.6) is 0 Å². The lowest BCUT2D eigenvalue weighted by molar-refractivity contribution is -0.151. The van der Waals surface area contributed by atoms with Crippen molar-refractivity contribution < 1.29 is 35.1 Å². The summed E-state index contributed by atoms with van der Waals surface area (Å²) in [5, 5.41) is 47.7. The van der Waals surface area contributed by atoms with Crippen molar-refractivity contribution in [1.82, 2.24) is 5.32 Å². The lowest BCUT2D eigenvalue weighted by Gasteiger charge is -2.24. The molecule has 0 saturated carbocycles. The van der Waals surface area contributed by atoms with Crippen molar-refractivity contribution in [1.29, 1.82) is 0 Å². The molecule has 0 bridgehead atoms. The van der Waals surface area contributed by atoms with Crippen LogP contribution in [-0.4, -0.2) is 68.4 Å². The van der Waals surface area contributed by atoms with Gasteiger partial charge in [-0.25, -0.2) is 0 Å². The number of carbonyl (C=O) groups excluding carboxylic acids is 2. The van der Waals surface area contributed by atoms with Crippen LogP contribution in [0.4, 0.5) is 0 Å². The van der Waals surface area contributed by atoms with Crippen LogP contribution in [0.1, 0.15) is 6.92 Å². The van der Waals surface area contributed by atoms with E-state index in [0.29, 0.717) is 0 Å². The van der Waals surface area contributed by atoms with Gasteiger partial charge in [0, 0.05) is 6.92 Å². The molecule has 0 saturated heterocycles. The molecule has 0 aromatic carbocycles. The van der Waals surface area contributed by atoms with E-state index in [1.807, 2.05) is 0 Å². The normalized spacial score (nSPS) is 18.4. The molecule has 1 radical (unpaired) electrons. The van der Waals surface area contributed by atoms with Crippen LogP contribution in [0.15, 0.2) is 0 Å². The fraction of sp³-hybridized carbons (Fsp3) is 0.750. The second-order valence-corrected chi connectivity index (χ2v) is 3.15. The predicted molar refractivity (Wildman–Crippen MR) is 48.9 cm³/mol. The lowest BCUT2D eigenvalue weighted by Crippen LogP contribution is -2.50. The van der Waals surface area contributed by atoms with Gasteiger partial charge in [-0.1, -0.05) is 0 Å². The van der Waals surface area contributed by atoms with E-state index in [2.05, 4.69) is 5.32 Å². The standard InChI is InChI=1S/C8H14NO7/c1-3(11)9-8(16)7(15)6(14)5(13)4(12)2-10/h4-7,10,12-15H,2H2,1H3/t4-,5+,6+,7-/m1/s1. The van der Waals surface area contributed by atoms with Crippen molar-refractivity contribution in [3.8, 4) is 0 Å². The molecule has 0 aromatic rings. The number of carbonyl (C=O) groups is 2. The van der Waals surface area contributed by atoms with E-state index < -0.39 is 42.8 Å². The van der Waals surface area contributed by atoms with Gasteiger partial charge in [0.25, 0.3) is 5.91 Å². The number of nitrogens with zero attached hydrogens (tertiary/aromatic N) is 1. The van der Waals surface area contributed by atoms with Gasteiger partial charge in [0.1, 0.15) is 18.3 Å². The van der Waals surface area contributed by atoms with Gasteiger partial charge in [-0.15, -0.1) is 0 Å². The highest BCUT2D eigenvalue weighted by Crippen LogP contribution is 2.05. The molecular formula is C8H14NO7. The average molecular weight is 236 g/mol. The zero-order valence-electron chi connectivity index (χ0n) is 8.52. The molecule has 0 fully saturated rings. The first kappa shape index (κ1) is 14.9. The number of amides is 2. The summed E-state index contributed by atoms with van der Waals surface area (Å²) in [5.74, 6) is -2.20. The molecule has 0 aliphatic carbocycles. The van der Waals surface area contributed by atoms with Crippen LogP contribution in [0, 0.1) is 0 Å². The van der Waals surface area contributed by atoms with Gasteiger partial charge in [0.15, 0.2) is 6.10 Å². The number of hydrogen-bond donors (Lipinski definition) is 5. The first-order valence-electron chi connectivity index (χ1n) is 4.40. The summed E-state index contributed by atoms with van der Waals surface area (Å²) in [6, 6.07) is 0. The van der Waals surface area contributed by atoms with Crippen LogP contribution in [-0.2, 0) is 9.59 Å². The molecule has 2 amide bonds. The molecular weight excluding hydrogens is 222 g/mol. The predicted octanol–water partition coefficient (Wildman–Crippen LogP) is -3.90. The summed E-state index contributed by atoms with van der Waals surface area (Å²) >= 11 is 0. The zero-order chi connectivity index (χ0) is 12.9. The Morgan fingerprint density at radius 3 is 2.00 bits per heavy atom. The molecule has 5 N–H and O–H groups in total. The van der Waals surface area contributed by atoms with Crippen molar-refractivity contribution in [2.24, 2.45) is 0 Å². The third-order valence-electron chi connectivity index (χ3n) is 1.78. The number of imide groups is 1. The smallest absolute Gasteiger partial charge is 0.280 e. The van der Waals surface area contributed by atoms with E-state index >= 15 is 0 Å². The van der Waals surface area contributed by atoms with Crippen LogP contribution >= 0.6 is 0 Å². The van der Waals surface area contributed by atoms with E-state index in [4.69, 9.17) is 20.4 Å². The molecule has 8 nitrogen and oxygen atoms in total. The molecule has 0 aliphatic rings. The van der Waals surface area contributed by atoms with E-state index in [9.17, 15) is 14.7 Å². The van der Waals surface area contributed by atoms with Gasteiger partial charge in [-0.3, -0.25) is 9.59 Å². The summed E-state index contributed by atoms with van der Waals surface area (Å²) in [4.78, 5) is 21.4. The van der Waals surface area contributed by atoms with Crippen LogP contribution in [0.3, 0.4) is 0 Å². The highest BCUT2D eigenvalue weighted by atomic mass is 16.4. The maximum Gasteiger partial charge on any atom is 0.280 e. The topological polar surface area (TPSA) is 149 Å². The Hall–Kier alpha value is -1.06. The van der Waals surface area contributed by atoms with Crippen molar-refractivity contribution in [3.63, 3.8) is 0 Å². The fourth-order valence-electron chi connectivity index (χ4n) is 0.890. The molecule has 8 heteroatoms. The SMILES string of the molecule is CC(=O)[N]C(=O)[C@H](O)[C@@H](O)[C@@H](O)[C@H](O)CO. The minimum Gasteiger partial charge on any atom is -0.394 e. The van der Waals surface area contributed by atoms with E-state index in [-0.39, 0.29) is 0 Å². The zero-order valence-corrected chi connectivity index (χ0v) is 8.52. The third kappa shape index (κ3) is 4.21. The lowest BCUT2D eigenvalue weighted by atomic mass is 10.0. The van der Waals surface area contributed by atoms with Gasteiger partial charge in [0.2, 0.25) is 5.91 Å². The van der Waals surface area contributed by atoms with Crippen LogP contribution in [0.2, 0.25) is 0 Å². The molecule has 0 spiro atoms. The van der Waals surface area contributed by atoms with E-state index in [1.54, 1.807) is 0 Å². The minimum atomic E-state index is -2.14. The highest BCUT2D eigenvalue weighted by molar-refractivity contribution is 5.96. The van der Waals surface area contributed by atoms with Gasteiger partial charge in [-0.2, -0.15) is 5.32 Å². The number of aliphatic hydroxyl groups is 5. The number of rotatable bonds is 5. The molecule has 0 rings (SSSR count). The minimum absolute atomic E-state index is 0.858. The Balaban J connectivity index is 4.42. The maximum atomic E-state index is 11.0. The summed E-state index contributed by atoms with van der Waals surface area (Å²) < 4.78 is 0. The summed E-state index contributed by atoms with van der Waals surface area (Å²) in [6.07, 6.45) is -7.82. The monoisotopic (exact) mass is 236 g/mol. The van der Waals surface area contributed by atoms with Gasteiger partial charge < -0.3 is 25.5 Å². The highest BCUT2D eigenvalue weighted by Gasteiger charge is 2.35. The average Bonchev–Trinajstić information content (AvgIpc) is 2.23. The van der Waals surface area contributed by atoms with Gasteiger partial charge in [0.05, 0.1) is 6.61 Å². The second kappa shape index (κ2) is 6.51. The molecule has 0 aliphatic heterocycles. The first-order chi connectivity index (χ1) is 7.31. The van der Waals surface area contributed by atoms with Crippen molar-refractivity contribution in [3.05, 3.63) is 0 Å². The van der Waals surface area contributed by atoms with Crippen LogP contribution in [0.25, 0.3) is 0 Å². The molecule has 16 heavy (non-hydrogen) atoms. The van der Waals surface area contributed by atoms with Crippen molar-refractivity contribution in [2.75, 3.05) is 6.61 Å². The van der Waals surface area contributed by atoms with E-state index in [0.717, 1.165) is 6.92 Å². The molecule has 0 unspecified atom stereocenters. The Bertz CT molecular complexity index is 257. The molecule has 0 heterocycles. The van der Waals surface area contributed by atoms with E-state index in [1.165, 1.54) is 0 Å². The summed E-state index contributed by atoms with van der Waals surface area (Å²) in [6.45, 7) is 0.110. The Morgan fingerprint density at radius 1 is 1.12 bits per heavy atom. The molecule has 93 valence electrons. The molecule has 4 atom stereocenters. The van der Waals surface area contributed by atoms with Crippen LogP contribution < -0.4 is 5.32 Å². The van der Waals surface area contributed by atoms with Crippen molar-refractivity contribution in [2.45, 2.75) is 31.3 Å². The second-order valence-electron chi connectivity index (χ2n) is 3.15.